The third kappa shape index (κ3) is 1.97. The standard InChI is InChI=1S/C15H18N2O3S/c1-4-19-13(18)11-12-9-7-5-6-8-10(9)20-15(11,2)17(3)14(21)16-12/h5-8,11-12H,4H2,1-3H3,(H,16,21)/t11-,12+,15+/m0/s1. The van der Waals surface area contributed by atoms with Gasteiger partial charge in [0.1, 0.15) is 11.7 Å². The fraction of sp³-hybridized carbons (Fsp3) is 0.467. The van der Waals surface area contributed by atoms with Gasteiger partial charge in [0.2, 0.25) is 0 Å². The van der Waals surface area contributed by atoms with Crippen LogP contribution in [-0.2, 0) is 9.53 Å². The summed E-state index contributed by atoms with van der Waals surface area (Å²) in [5.41, 5.74) is 0.0802. The van der Waals surface area contributed by atoms with E-state index in [1.807, 2.05) is 38.2 Å². The van der Waals surface area contributed by atoms with Gasteiger partial charge in [-0.2, -0.15) is 0 Å². The molecule has 1 saturated heterocycles. The van der Waals surface area contributed by atoms with Crippen LogP contribution in [0.15, 0.2) is 24.3 Å². The van der Waals surface area contributed by atoms with Crippen LogP contribution in [0.2, 0.25) is 0 Å². The largest absolute Gasteiger partial charge is 0.467 e. The van der Waals surface area contributed by atoms with Crippen LogP contribution in [0.25, 0.3) is 0 Å². The maximum atomic E-state index is 12.5. The normalized spacial score (nSPS) is 30.0. The van der Waals surface area contributed by atoms with Crippen LogP contribution in [0, 0.1) is 5.92 Å². The van der Waals surface area contributed by atoms with Gasteiger partial charge in [-0.15, -0.1) is 0 Å². The number of carbonyl (C=O) groups excluding carboxylic acids is 1. The first kappa shape index (κ1) is 14.1. The molecule has 6 heteroatoms. The zero-order valence-corrected chi connectivity index (χ0v) is 13.1. The second-order valence-corrected chi connectivity index (χ2v) is 5.80. The number of rotatable bonds is 2. The Bertz CT molecular complexity index is 606. The van der Waals surface area contributed by atoms with E-state index in [2.05, 4.69) is 5.32 Å². The molecule has 2 aliphatic rings. The number of esters is 1. The fourth-order valence-electron chi connectivity index (χ4n) is 3.06. The molecule has 2 aliphatic heterocycles. The highest BCUT2D eigenvalue weighted by molar-refractivity contribution is 7.80. The first-order valence-electron chi connectivity index (χ1n) is 6.98. The summed E-state index contributed by atoms with van der Waals surface area (Å²) in [6.45, 7) is 4.02. The third-order valence-corrected chi connectivity index (χ3v) is 4.66. The first-order valence-corrected chi connectivity index (χ1v) is 7.38. The molecule has 2 bridgehead atoms. The van der Waals surface area contributed by atoms with Crippen molar-refractivity contribution >= 4 is 23.3 Å². The van der Waals surface area contributed by atoms with Crippen LogP contribution in [0.4, 0.5) is 0 Å². The summed E-state index contributed by atoms with van der Waals surface area (Å²) < 4.78 is 11.4. The minimum atomic E-state index is -0.854. The zero-order valence-electron chi connectivity index (χ0n) is 12.3. The monoisotopic (exact) mass is 306 g/mol. The molecule has 0 radical (unpaired) electrons. The summed E-state index contributed by atoms with van der Waals surface area (Å²) in [6.07, 6.45) is 0. The van der Waals surface area contributed by atoms with E-state index in [-0.39, 0.29) is 12.0 Å². The lowest BCUT2D eigenvalue weighted by atomic mass is 9.80. The summed E-state index contributed by atoms with van der Waals surface area (Å²) in [7, 11) is 1.83. The zero-order chi connectivity index (χ0) is 15.2. The number of hydrogen-bond acceptors (Lipinski definition) is 4. The van der Waals surface area contributed by atoms with Crippen LogP contribution in [0.3, 0.4) is 0 Å². The molecular formula is C15H18N2O3S. The van der Waals surface area contributed by atoms with Gasteiger partial charge in [-0.3, -0.25) is 4.79 Å². The summed E-state index contributed by atoms with van der Waals surface area (Å²) in [5, 5.41) is 3.81. The smallest absolute Gasteiger partial charge is 0.317 e. The number of benzene rings is 1. The van der Waals surface area contributed by atoms with Crippen molar-refractivity contribution in [3.05, 3.63) is 29.8 Å². The molecule has 2 heterocycles. The number of fused-ring (bicyclic) bond motifs is 4. The molecule has 0 aliphatic carbocycles. The number of para-hydroxylation sites is 1. The predicted octanol–water partition coefficient (Wildman–Crippen LogP) is 1.84. The highest BCUT2D eigenvalue weighted by Gasteiger charge is 2.58. The van der Waals surface area contributed by atoms with E-state index in [1.54, 1.807) is 11.8 Å². The number of ether oxygens (including phenoxy) is 2. The summed E-state index contributed by atoms with van der Waals surface area (Å²) in [6, 6.07) is 7.47. The van der Waals surface area contributed by atoms with E-state index in [0.29, 0.717) is 11.7 Å². The first-order chi connectivity index (χ1) is 9.99. The van der Waals surface area contributed by atoms with Gasteiger partial charge in [-0.1, -0.05) is 18.2 Å². The highest BCUT2D eigenvalue weighted by Crippen LogP contribution is 2.47. The maximum Gasteiger partial charge on any atom is 0.317 e. The van der Waals surface area contributed by atoms with E-state index in [0.717, 1.165) is 11.3 Å². The summed E-state index contributed by atoms with van der Waals surface area (Å²) >= 11 is 5.37. The minimum Gasteiger partial charge on any atom is -0.467 e. The van der Waals surface area contributed by atoms with Crippen molar-refractivity contribution in [3.63, 3.8) is 0 Å². The molecule has 1 fully saturated rings. The second-order valence-electron chi connectivity index (χ2n) is 5.41. The Balaban J connectivity index is 2.13. The highest BCUT2D eigenvalue weighted by atomic mass is 32.1. The molecule has 0 spiro atoms. The van der Waals surface area contributed by atoms with Crippen LogP contribution in [0.1, 0.15) is 25.5 Å². The van der Waals surface area contributed by atoms with E-state index < -0.39 is 11.6 Å². The Labute approximate surface area is 129 Å². The summed E-state index contributed by atoms with van der Waals surface area (Å²) in [4.78, 5) is 14.3. The molecule has 3 rings (SSSR count). The van der Waals surface area contributed by atoms with Crippen LogP contribution in [-0.4, -0.2) is 35.4 Å². The van der Waals surface area contributed by atoms with Gasteiger partial charge in [-0.25, -0.2) is 0 Å². The molecule has 1 N–H and O–H groups in total. The Morgan fingerprint density at radius 2 is 2.24 bits per heavy atom. The third-order valence-electron chi connectivity index (χ3n) is 4.27. The van der Waals surface area contributed by atoms with Crippen molar-refractivity contribution < 1.29 is 14.3 Å². The molecule has 3 atom stereocenters. The van der Waals surface area contributed by atoms with E-state index in [9.17, 15) is 4.79 Å². The molecule has 0 aromatic heterocycles. The molecule has 1 aromatic carbocycles. The van der Waals surface area contributed by atoms with Crippen LogP contribution in [0.5, 0.6) is 5.75 Å². The summed E-state index contributed by atoms with van der Waals surface area (Å²) in [5.74, 6) is 0.0119. The van der Waals surface area contributed by atoms with Crippen molar-refractivity contribution in [2.75, 3.05) is 13.7 Å². The number of thiocarbonyl (C=S) groups is 1. The molecular weight excluding hydrogens is 288 g/mol. The Morgan fingerprint density at radius 3 is 2.95 bits per heavy atom. The number of carbonyl (C=O) groups is 1. The Kier molecular flexibility index (Phi) is 3.28. The van der Waals surface area contributed by atoms with Crippen molar-refractivity contribution in [2.24, 2.45) is 5.92 Å². The molecule has 0 unspecified atom stereocenters. The van der Waals surface area contributed by atoms with E-state index >= 15 is 0 Å². The van der Waals surface area contributed by atoms with Crippen molar-refractivity contribution in [1.29, 1.82) is 0 Å². The predicted molar refractivity (Wildman–Crippen MR) is 81.8 cm³/mol. The van der Waals surface area contributed by atoms with Crippen LogP contribution < -0.4 is 10.1 Å². The van der Waals surface area contributed by atoms with Crippen molar-refractivity contribution in [1.82, 2.24) is 10.2 Å². The van der Waals surface area contributed by atoms with Gasteiger partial charge in [0.15, 0.2) is 10.8 Å². The topological polar surface area (TPSA) is 50.8 Å². The van der Waals surface area contributed by atoms with Gasteiger partial charge in [0, 0.05) is 12.6 Å². The van der Waals surface area contributed by atoms with E-state index in [1.165, 1.54) is 0 Å². The van der Waals surface area contributed by atoms with Crippen LogP contribution >= 0.6 is 12.2 Å². The van der Waals surface area contributed by atoms with Gasteiger partial charge in [-0.05, 0) is 32.1 Å². The Morgan fingerprint density at radius 1 is 1.52 bits per heavy atom. The van der Waals surface area contributed by atoms with Gasteiger partial charge < -0.3 is 19.7 Å². The number of nitrogens with one attached hydrogen (secondary N) is 1. The van der Waals surface area contributed by atoms with Gasteiger partial charge in [0.05, 0.1) is 12.6 Å². The SMILES string of the molecule is CCOC(=O)[C@@H]1[C@@H]2NC(=S)N(C)[C@]1(C)Oc1ccccc12. The molecule has 0 saturated carbocycles. The number of hydrogen-bond donors (Lipinski definition) is 1. The number of nitrogens with zero attached hydrogens (tertiary/aromatic N) is 1. The van der Waals surface area contributed by atoms with Gasteiger partial charge in [0.25, 0.3) is 0 Å². The second kappa shape index (κ2) is 4.87. The maximum absolute atomic E-state index is 12.5. The molecule has 5 nitrogen and oxygen atoms in total. The van der Waals surface area contributed by atoms with Gasteiger partial charge >= 0.3 is 5.97 Å². The lowest BCUT2D eigenvalue weighted by Crippen LogP contribution is -2.70. The molecule has 1 aromatic rings. The van der Waals surface area contributed by atoms with E-state index in [4.69, 9.17) is 21.7 Å². The average molecular weight is 306 g/mol. The van der Waals surface area contributed by atoms with Crippen molar-refractivity contribution in [3.8, 4) is 5.75 Å². The lowest BCUT2D eigenvalue weighted by molar-refractivity contribution is -0.173. The fourth-order valence-corrected chi connectivity index (χ4v) is 3.37. The Hall–Kier alpha value is -1.82. The molecule has 112 valence electrons. The van der Waals surface area contributed by atoms with Crippen molar-refractivity contribution in [2.45, 2.75) is 25.6 Å². The molecule has 21 heavy (non-hydrogen) atoms. The minimum absolute atomic E-state index is 0.234. The lowest BCUT2D eigenvalue weighted by Gasteiger charge is -2.54. The quantitative estimate of drug-likeness (QED) is 0.664. The average Bonchev–Trinajstić information content (AvgIpc) is 2.45. The molecule has 0 amide bonds.